The number of amides is 1. The van der Waals surface area contributed by atoms with Gasteiger partial charge < -0.3 is 14.4 Å². The van der Waals surface area contributed by atoms with E-state index in [0.29, 0.717) is 45.4 Å². The molecule has 1 aromatic rings. The monoisotopic (exact) mass is 480 g/mol. The van der Waals surface area contributed by atoms with Gasteiger partial charge in [0.25, 0.3) is 5.91 Å². The Morgan fingerprint density at radius 2 is 1.67 bits per heavy atom. The van der Waals surface area contributed by atoms with E-state index in [1.807, 2.05) is 6.92 Å². The van der Waals surface area contributed by atoms with Crippen LogP contribution < -0.4 is 0 Å². The zero-order valence-electron chi connectivity index (χ0n) is 19.4. The molecular weight excluding hydrogens is 448 g/mol. The Hall–Kier alpha value is -2.46. The lowest BCUT2D eigenvalue weighted by Crippen LogP contribution is -2.47. The van der Waals surface area contributed by atoms with Crippen molar-refractivity contribution in [2.24, 2.45) is 5.92 Å². The highest BCUT2D eigenvalue weighted by atomic mass is 32.2. The average Bonchev–Trinajstić information content (AvgIpc) is 3.30. The van der Waals surface area contributed by atoms with Crippen molar-refractivity contribution in [1.29, 1.82) is 0 Å². The van der Waals surface area contributed by atoms with Crippen molar-refractivity contribution in [1.82, 2.24) is 9.21 Å². The number of hydrogen-bond acceptors (Lipinski definition) is 7. The van der Waals surface area contributed by atoms with E-state index in [0.717, 1.165) is 5.56 Å². The van der Waals surface area contributed by atoms with Crippen LogP contribution >= 0.6 is 0 Å². The molecule has 0 bridgehead atoms. The van der Waals surface area contributed by atoms with E-state index >= 15 is 0 Å². The summed E-state index contributed by atoms with van der Waals surface area (Å²) in [6, 6.07) is 5.51. The SMILES string of the molecule is CCOC(=O)C1CCN(C(=O)C(C)OC(=O)C2CCCN2S(=O)(=O)c2ccc(C)cc2)CC1. The molecule has 2 fully saturated rings. The Morgan fingerprint density at radius 3 is 2.27 bits per heavy atom. The maximum absolute atomic E-state index is 13.1. The third kappa shape index (κ3) is 5.73. The number of carbonyl (C=O) groups excluding carboxylic acids is 3. The van der Waals surface area contributed by atoms with Gasteiger partial charge in [-0.3, -0.25) is 14.4 Å². The van der Waals surface area contributed by atoms with E-state index in [2.05, 4.69) is 0 Å². The number of carbonyl (C=O) groups is 3. The van der Waals surface area contributed by atoms with Gasteiger partial charge in [-0.25, -0.2) is 8.42 Å². The predicted octanol–water partition coefficient (Wildman–Crippen LogP) is 1.88. The van der Waals surface area contributed by atoms with E-state index in [4.69, 9.17) is 9.47 Å². The van der Waals surface area contributed by atoms with Crippen molar-refractivity contribution in [3.05, 3.63) is 29.8 Å². The summed E-state index contributed by atoms with van der Waals surface area (Å²) >= 11 is 0. The maximum Gasteiger partial charge on any atom is 0.325 e. The highest BCUT2D eigenvalue weighted by molar-refractivity contribution is 7.89. The van der Waals surface area contributed by atoms with Gasteiger partial charge in [-0.2, -0.15) is 4.31 Å². The van der Waals surface area contributed by atoms with E-state index in [1.54, 1.807) is 24.0 Å². The van der Waals surface area contributed by atoms with Crippen molar-refractivity contribution in [3.8, 4) is 0 Å². The van der Waals surface area contributed by atoms with Gasteiger partial charge >= 0.3 is 11.9 Å². The summed E-state index contributed by atoms with van der Waals surface area (Å²) in [7, 11) is -3.85. The van der Waals surface area contributed by atoms with E-state index in [1.165, 1.54) is 23.4 Å². The van der Waals surface area contributed by atoms with Crippen LogP contribution in [0.1, 0.15) is 45.1 Å². The molecule has 33 heavy (non-hydrogen) atoms. The number of benzene rings is 1. The van der Waals surface area contributed by atoms with Crippen LogP contribution in [-0.4, -0.2) is 73.9 Å². The molecule has 2 saturated heterocycles. The fourth-order valence-corrected chi connectivity index (χ4v) is 5.91. The van der Waals surface area contributed by atoms with Crippen LogP contribution in [0.5, 0.6) is 0 Å². The van der Waals surface area contributed by atoms with Gasteiger partial charge in [-0.05, 0) is 58.6 Å². The standard InChI is InChI=1S/C23H32N2O7S/c1-4-31-22(27)18-11-14-24(15-12-18)21(26)17(3)32-23(28)20-6-5-13-25(20)33(29,30)19-9-7-16(2)8-10-19/h7-10,17-18,20H,4-6,11-15H2,1-3H3. The molecule has 9 nitrogen and oxygen atoms in total. The molecule has 0 saturated carbocycles. The molecule has 2 unspecified atom stereocenters. The lowest BCUT2D eigenvalue weighted by atomic mass is 9.97. The summed E-state index contributed by atoms with van der Waals surface area (Å²) in [4.78, 5) is 39.2. The zero-order chi connectivity index (χ0) is 24.2. The predicted molar refractivity (Wildman–Crippen MR) is 120 cm³/mol. The van der Waals surface area contributed by atoms with Gasteiger partial charge in [0, 0.05) is 19.6 Å². The largest absolute Gasteiger partial charge is 0.466 e. The second kappa shape index (κ2) is 10.6. The van der Waals surface area contributed by atoms with Crippen molar-refractivity contribution in [3.63, 3.8) is 0 Å². The lowest BCUT2D eigenvalue weighted by molar-refractivity contribution is -0.163. The first-order chi connectivity index (χ1) is 15.6. The first kappa shape index (κ1) is 25.2. The minimum Gasteiger partial charge on any atom is -0.466 e. The number of hydrogen-bond donors (Lipinski definition) is 0. The number of esters is 2. The topological polar surface area (TPSA) is 110 Å². The van der Waals surface area contributed by atoms with Crippen LogP contribution in [0.15, 0.2) is 29.2 Å². The van der Waals surface area contributed by atoms with E-state index in [9.17, 15) is 22.8 Å². The first-order valence-corrected chi connectivity index (χ1v) is 12.8. The van der Waals surface area contributed by atoms with Crippen molar-refractivity contribution < 1.29 is 32.3 Å². The molecule has 2 aliphatic heterocycles. The van der Waals surface area contributed by atoms with Gasteiger partial charge in [0.05, 0.1) is 17.4 Å². The van der Waals surface area contributed by atoms with E-state index in [-0.39, 0.29) is 29.2 Å². The number of likely N-dealkylation sites (tertiary alicyclic amines) is 1. The molecule has 0 aliphatic carbocycles. The van der Waals surface area contributed by atoms with Gasteiger partial charge in [0.1, 0.15) is 6.04 Å². The number of nitrogens with zero attached hydrogens (tertiary/aromatic N) is 2. The molecule has 2 aliphatic rings. The van der Waals surface area contributed by atoms with Gasteiger partial charge in [-0.1, -0.05) is 17.7 Å². The highest BCUT2D eigenvalue weighted by Crippen LogP contribution is 2.28. The number of ether oxygens (including phenoxy) is 2. The van der Waals surface area contributed by atoms with Crippen molar-refractivity contribution in [2.75, 3.05) is 26.2 Å². The normalized spacial score (nSPS) is 20.9. The number of aryl methyl sites for hydroxylation is 1. The summed E-state index contributed by atoms with van der Waals surface area (Å²) in [6.45, 7) is 6.41. The molecule has 182 valence electrons. The van der Waals surface area contributed by atoms with Crippen LogP contribution in [-0.2, 0) is 33.9 Å². The number of sulfonamides is 1. The van der Waals surface area contributed by atoms with Gasteiger partial charge in [0.2, 0.25) is 10.0 Å². The molecule has 0 aromatic heterocycles. The number of piperidine rings is 1. The van der Waals surface area contributed by atoms with Crippen LogP contribution in [0.3, 0.4) is 0 Å². The summed E-state index contributed by atoms with van der Waals surface area (Å²) in [5.41, 5.74) is 0.935. The van der Waals surface area contributed by atoms with Crippen LogP contribution in [0.25, 0.3) is 0 Å². The Labute approximate surface area is 195 Å². The van der Waals surface area contributed by atoms with Gasteiger partial charge in [-0.15, -0.1) is 0 Å². The lowest BCUT2D eigenvalue weighted by Gasteiger charge is -2.32. The molecule has 0 N–H and O–H groups in total. The minimum atomic E-state index is -3.85. The summed E-state index contributed by atoms with van der Waals surface area (Å²) in [5, 5.41) is 0. The second-order valence-electron chi connectivity index (χ2n) is 8.52. The first-order valence-electron chi connectivity index (χ1n) is 11.4. The molecule has 2 atom stereocenters. The third-order valence-corrected chi connectivity index (χ3v) is 8.09. The Morgan fingerprint density at radius 1 is 1.03 bits per heavy atom. The maximum atomic E-state index is 13.1. The molecule has 3 rings (SSSR count). The van der Waals surface area contributed by atoms with Crippen LogP contribution in [0.2, 0.25) is 0 Å². The Bertz CT molecular complexity index is 969. The summed E-state index contributed by atoms with van der Waals surface area (Å²) in [5.74, 6) is -1.55. The smallest absolute Gasteiger partial charge is 0.325 e. The van der Waals surface area contributed by atoms with E-state index < -0.39 is 28.1 Å². The minimum absolute atomic E-state index is 0.126. The fraction of sp³-hybridized carbons (Fsp3) is 0.609. The van der Waals surface area contributed by atoms with Crippen molar-refractivity contribution >= 4 is 27.9 Å². The molecule has 2 heterocycles. The molecule has 10 heteroatoms. The highest BCUT2D eigenvalue weighted by Gasteiger charge is 2.41. The van der Waals surface area contributed by atoms with Gasteiger partial charge in [0.15, 0.2) is 6.10 Å². The molecule has 1 aromatic carbocycles. The Kier molecular flexibility index (Phi) is 8.12. The van der Waals surface area contributed by atoms with Crippen LogP contribution in [0, 0.1) is 12.8 Å². The quantitative estimate of drug-likeness (QED) is 0.548. The Balaban J connectivity index is 1.59. The summed E-state index contributed by atoms with van der Waals surface area (Å²) in [6.07, 6.45) is 0.832. The molecule has 1 amide bonds. The number of rotatable bonds is 7. The van der Waals surface area contributed by atoms with Crippen molar-refractivity contribution in [2.45, 2.75) is 63.5 Å². The molecular formula is C23H32N2O7S. The average molecular weight is 481 g/mol. The second-order valence-corrected chi connectivity index (χ2v) is 10.4. The molecule has 0 radical (unpaired) electrons. The van der Waals surface area contributed by atoms with Crippen LogP contribution in [0.4, 0.5) is 0 Å². The fourth-order valence-electron chi connectivity index (χ4n) is 4.27. The summed E-state index contributed by atoms with van der Waals surface area (Å²) < 4.78 is 37.8. The molecule has 0 spiro atoms. The third-order valence-electron chi connectivity index (χ3n) is 6.17. The zero-order valence-corrected chi connectivity index (χ0v) is 20.2.